The lowest BCUT2D eigenvalue weighted by Gasteiger charge is -2.23. The van der Waals surface area contributed by atoms with Crippen LogP contribution < -0.4 is 10.6 Å². The van der Waals surface area contributed by atoms with E-state index < -0.39 is 5.25 Å². The molecule has 124 valence electrons. The zero-order valence-corrected chi connectivity index (χ0v) is 14.5. The number of amides is 2. The maximum Gasteiger partial charge on any atom is 0.238 e. The Morgan fingerprint density at radius 3 is 2.88 bits per heavy atom. The van der Waals surface area contributed by atoms with Crippen LogP contribution in [0.2, 0.25) is 5.02 Å². The topological polar surface area (TPSA) is 58.2 Å². The average Bonchev–Trinajstić information content (AvgIpc) is 2.55. The van der Waals surface area contributed by atoms with E-state index in [1.54, 1.807) is 0 Å². The summed E-state index contributed by atoms with van der Waals surface area (Å²) in [5, 5.41) is 6.01. The molecule has 3 rings (SSSR count). The van der Waals surface area contributed by atoms with Crippen LogP contribution in [-0.4, -0.2) is 23.6 Å². The first-order valence-electron chi connectivity index (χ1n) is 7.69. The molecule has 0 saturated heterocycles. The molecule has 0 spiro atoms. The van der Waals surface area contributed by atoms with Gasteiger partial charge in [0.1, 0.15) is 0 Å². The van der Waals surface area contributed by atoms with Crippen molar-refractivity contribution < 1.29 is 9.59 Å². The van der Waals surface area contributed by atoms with Crippen molar-refractivity contribution in [3.8, 4) is 0 Å². The highest BCUT2D eigenvalue weighted by Gasteiger charge is 2.28. The van der Waals surface area contributed by atoms with E-state index >= 15 is 0 Å². The lowest BCUT2D eigenvalue weighted by molar-refractivity contribution is -0.124. The predicted molar refractivity (Wildman–Crippen MR) is 97.5 cm³/mol. The molecule has 0 aliphatic carbocycles. The number of rotatable bonds is 5. The van der Waals surface area contributed by atoms with Crippen LogP contribution in [0.15, 0.2) is 53.4 Å². The average molecular weight is 361 g/mol. The van der Waals surface area contributed by atoms with Crippen LogP contribution in [0.1, 0.15) is 12.0 Å². The molecule has 6 heteroatoms. The van der Waals surface area contributed by atoms with Crippen molar-refractivity contribution in [3.05, 3.63) is 59.1 Å². The molecule has 0 radical (unpaired) electrons. The van der Waals surface area contributed by atoms with Crippen molar-refractivity contribution in [2.24, 2.45) is 0 Å². The molecule has 0 aromatic heterocycles. The highest BCUT2D eigenvalue weighted by atomic mass is 35.5. The van der Waals surface area contributed by atoms with E-state index in [-0.39, 0.29) is 18.2 Å². The first-order chi connectivity index (χ1) is 11.6. The van der Waals surface area contributed by atoms with Crippen molar-refractivity contribution >= 4 is 40.9 Å². The molecule has 0 bridgehead atoms. The molecule has 2 amide bonds. The van der Waals surface area contributed by atoms with Crippen LogP contribution in [0.4, 0.5) is 5.69 Å². The summed E-state index contributed by atoms with van der Waals surface area (Å²) in [4.78, 5) is 25.2. The molecule has 0 saturated carbocycles. The molecule has 0 unspecified atom stereocenters. The van der Waals surface area contributed by atoms with Gasteiger partial charge in [-0.2, -0.15) is 0 Å². The Kier molecular flexibility index (Phi) is 5.43. The third-order valence-electron chi connectivity index (χ3n) is 3.70. The van der Waals surface area contributed by atoms with Gasteiger partial charge < -0.3 is 10.6 Å². The lowest BCUT2D eigenvalue weighted by Crippen LogP contribution is -2.35. The van der Waals surface area contributed by atoms with Gasteiger partial charge in [0, 0.05) is 22.9 Å². The maximum absolute atomic E-state index is 12.1. The van der Waals surface area contributed by atoms with Crippen LogP contribution in [-0.2, 0) is 16.0 Å². The third kappa shape index (κ3) is 4.30. The van der Waals surface area contributed by atoms with E-state index in [0.29, 0.717) is 18.0 Å². The minimum absolute atomic E-state index is 0.121. The summed E-state index contributed by atoms with van der Waals surface area (Å²) in [6.45, 7) is 0.523. The first-order valence-corrected chi connectivity index (χ1v) is 8.95. The predicted octanol–water partition coefficient (Wildman–Crippen LogP) is 3.50. The van der Waals surface area contributed by atoms with Gasteiger partial charge in [0.15, 0.2) is 0 Å². The van der Waals surface area contributed by atoms with Crippen molar-refractivity contribution in [3.63, 3.8) is 0 Å². The first kappa shape index (κ1) is 16.9. The Hall–Kier alpha value is -1.98. The molecule has 0 fully saturated rings. The van der Waals surface area contributed by atoms with E-state index in [9.17, 15) is 9.59 Å². The van der Waals surface area contributed by atoms with Gasteiger partial charge in [0.2, 0.25) is 11.8 Å². The molecule has 24 heavy (non-hydrogen) atoms. The zero-order chi connectivity index (χ0) is 16.9. The Morgan fingerprint density at radius 2 is 2.04 bits per heavy atom. The number of hydrogen-bond donors (Lipinski definition) is 2. The number of anilines is 1. The minimum atomic E-state index is -0.397. The molecule has 1 heterocycles. The van der Waals surface area contributed by atoms with Crippen LogP contribution in [0.25, 0.3) is 0 Å². The number of para-hydroxylation sites is 1. The number of halogens is 1. The fourth-order valence-corrected chi connectivity index (χ4v) is 3.83. The second kappa shape index (κ2) is 7.73. The van der Waals surface area contributed by atoms with Crippen molar-refractivity contribution in [2.45, 2.75) is 23.0 Å². The van der Waals surface area contributed by atoms with E-state index in [1.807, 2.05) is 48.5 Å². The molecule has 2 aromatic carbocycles. The van der Waals surface area contributed by atoms with Crippen molar-refractivity contribution in [2.75, 3.05) is 11.9 Å². The quantitative estimate of drug-likeness (QED) is 0.858. The number of hydrogen-bond acceptors (Lipinski definition) is 3. The van der Waals surface area contributed by atoms with Gasteiger partial charge in [-0.3, -0.25) is 9.59 Å². The zero-order valence-electron chi connectivity index (χ0n) is 12.9. The second-order valence-corrected chi connectivity index (χ2v) is 7.21. The van der Waals surface area contributed by atoms with E-state index in [0.717, 1.165) is 16.1 Å². The summed E-state index contributed by atoms with van der Waals surface area (Å²) >= 11 is 7.37. The van der Waals surface area contributed by atoms with Crippen LogP contribution in [0.5, 0.6) is 0 Å². The summed E-state index contributed by atoms with van der Waals surface area (Å²) < 4.78 is 0. The van der Waals surface area contributed by atoms with Gasteiger partial charge in [-0.1, -0.05) is 35.9 Å². The highest BCUT2D eigenvalue weighted by Crippen LogP contribution is 2.36. The molecule has 1 atom stereocenters. The normalized spacial score (nSPS) is 16.2. The van der Waals surface area contributed by atoms with Crippen molar-refractivity contribution in [1.29, 1.82) is 0 Å². The van der Waals surface area contributed by atoms with Crippen LogP contribution in [0.3, 0.4) is 0 Å². The SMILES string of the molecule is O=C(C[C@H]1Sc2ccccc2NC1=O)NCCc1cccc(Cl)c1. The van der Waals surface area contributed by atoms with Crippen LogP contribution >= 0.6 is 23.4 Å². The lowest BCUT2D eigenvalue weighted by atomic mass is 10.1. The van der Waals surface area contributed by atoms with Crippen LogP contribution in [0, 0.1) is 0 Å². The molecule has 1 aliphatic rings. The summed E-state index contributed by atoms with van der Waals surface area (Å²) in [5.74, 6) is -0.243. The van der Waals surface area contributed by atoms with Gasteiger partial charge in [0.05, 0.1) is 10.9 Å². The van der Waals surface area contributed by atoms with Gasteiger partial charge in [0.25, 0.3) is 0 Å². The highest BCUT2D eigenvalue weighted by molar-refractivity contribution is 8.01. The van der Waals surface area contributed by atoms with E-state index in [1.165, 1.54) is 11.8 Å². The Morgan fingerprint density at radius 1 is 1.21 bits per heavy atom. The van der Waals surface area contributed by atoms with Gasteiger partial charge in [-0.25, -0.2) is 0 Å². The second-order valence-electron chi connectivity index (χ2n) is 5.53. The molecular formula is C18H17ClN2O2S. The third-order valence-corrected chi connectivity index (χ3v) is 5.21. The summed E-state index contributed by atoms with van der Waals surface area (Å²) in [7, 11) is 0. The summed E-state index contributed by atoms with van der Waals surface area (Å²) in [6, 6.07) is 15.2. The fraction of sp³-hybridized carbons (Fsp3) is 0.222. The van der Waals surface area contributed by atoms with Gasteiger partial charge >= 0.3 is 0 Å². The van der Waals surface area contributed by atoms with E-state index in [4.69, 9.17) is 11.6 Å². The largest absolute Gasteiger partial charge is 0.356 e. The molecule has 4 nitrogen and oxygen atoms in total. The number of benzene rings is 2. The standard InChI is InChI=1S/C18H17ClN2O2S/c19-13-5-3-4-12(10-13)8-9-20-17(22)11-16-18(23)21-14-6-1-2-7-15(14)24-16/h1-7,10,16H,8-9,11H2,(H,20,22)(H,21,23)/t16-/m1/s1. The monoisotopic (exact) mass is 360 g/mol. The Labute approximate surface area is 150 Å². The number of carbonyl (C=O) groups is 2. The van der Waals surface area contributed by atoms with E-state index in [2.05, 4.69) is 10.6 Å². The smallest absolute Gasteiger partial charge is 0.238 e. The maximum atomic E-state index is 12.1. The number of thioether (sulfide) groups is 1. The number of nitrogens with one attached hydrogen (secondary N) is 2. The summed E-state index contributed by atoms with van der Waals surface area (Å²) in [6.07, 6.45) is 0.875. The summed E-state index contributed by atoms with van der Waals surface area (Å²) in [5.41, 5.74) is 1.88. The number of carbonyl (C=O) groups excluding carboxylic acids is 2. The number of fused-ring (bicyclic) bond motifs is 1. The molecular weight excluding hydrogens is 344 g/mol. The fourth-order valence-electron chi connectivity index (χ4n) is 2.51. The Bertz CT molecular complexity index is 766. The van der Waals surface area contributed by atoms with Crippen molar-refractivity contribution in [1.82, 2.24) is 5.32 Å². The molecule has 2 aromatic rings. The van der Waals surface area contributed by atoms with Gasteiger partial charge in [-0.05, 0) is 36.2 Å². The molecule has 1 aliphatic heterocycles. The Balaban J connectivity index is 1.49. The van der Waals surface area contributed by atoms with Gasteiger partial charge in [-0.15, -0.1) is 11.8 Å². The minimum Gasteiger partial charge on any atom is -0.356 e. The molecule has 2 N–H and O–H groups in total.